The van der Waals surface area contributed by atoms with E-state index in [1.807, 2.05) is 6.92 Å². The summed E-state index contributed by atoms with van der Waals surface area (Å²) in [6.45, 7) is 10.8. The number of esters is 1. The summed E-state index contributed by atoms with van der Waals surface area (Å²) >= 11 is 0. The Kier molecular flexibility index (Phi) is 6.54. The molecule has 2 nitrogen and oxygen atoms in total. The predicted octanol–water partition coefficient (Wildman–Crippen LogP) is 5.50. The lowest BCUT2D eigenvalue weighted by atomic mass is 9.60. The molecule has 0 spiro atoms. The van der Waals surface area contributed by atoms with Gasteiger partial charge in [-0.1, -0.05) is 41.0 Å². The van der Waals surface area contributed by atoms with E-state index in [9.17, 15) is 4.79 Å². The number of ether oxygens (including phenoxy) is 1. The van der Waals surface area contributed by atoms with Crippen LogP contribution in [0.15, 0.2) is 0 Å². The Bertz CT molecular complexity index is 290. The molecular weight excluding hydrogens is 248 g/mol. The first-order chi connectivity index (χ1) is 9.50. The summed E-state index contributed by atoms with van der Waals surface area (Å²) in [6, 6.07) is 0. The van der Waals surface area contributed by atoms with Crippen LogP contribution in [0.1, 0.15) is 92.4 Å². The summed E-state index contributed by atoms with van der Waals surface area (Å²) in [5.41, 5.74) is -0.0411. The van der Waals surface area contributed by atoms with Gasteiger partial charge in [-0.3, -0.25) is 4.79 Å². The van der Waals surface area contributed by atoms with Crippen LogP contribution in [0, 0.1) is 11.3 Å². The first kappa shape index (κ1) is 17.5. The van der Waals surface area contributed by atoms with Gasteiger partial charge < -0.3 is 4.74 Å². The van der Waals surface area contributed by atoms with E-state index >= 15 is 0 Å². The molecule has 0 aliphatic heterocycles. The highest BCUT2D eigenvalue weighted by molar-refractivity contribution is 5.72. The molecule has 1 aliphatic rings. The fourth-order valence-corrected chi connectivity index (χ4v) is 4.04. The SMILES string of the molecule is CCC(C)C(=O)OC1(C(CC)(CC)CC)CCCCC1. The van der Waals surface area contributed by atoms with Crippen LogP contribution in [-0.4, -0.2) is 11.6 Å². The minimum atomic E-state index is -0.204. The zero-order valence-corrected chi connectivity index (χ0v) is 14.3. The van der Waals surface area contributed by atoms with Crippen molar-refractivity contribution in [1.29, 1.82) is 0 Å². The van der Waals surface area contributed by atoms with Crippen LogP contribution in [0.5, 0.6) is 0 Å². The summed E-state index contributed by atoms with van der Waals surface area (Å²) in [7, 11) is 0. The highest BCUT2D eigenvalue weighted by atomic mass is 16.6. The number of rotatable bonds is 7. The molecule has 1 rings (SSSR count). The van der Waals surface area contributed by atoms with E-state index < -0.39 is 0 Å². The Morgan fingerprint density at radius 2 is 1.55 bits per heavy atom. The van der Waals surface area contributed by atoms with Crippen molar-refractivity contribution in [3.8, 4) is 0 Å². The molecule has 0 aromatic carbocycles. The lowest BCUT2D eigenvalue weighted by Gasteiger charge is -2.51. The van der Waals surface area contributed by atoms with Crippen molar-refractivity contribution in [1.82, 2.24) is 0 Å². The normalized spacial score (nSPS) is 20.4. The minimum Gasteiger partial charge on any atom is -0.458 e. The van der Waals surface area contributed by atoms with Crippen molar-refractivity contribution < 1.29 is 9.53 Å². The highest BCUT2D eigenvalue weighted by Crippen LogP contribution is 2.51. The Morgan fingerprint density at radius 3 is 1.95 bits per heavy atom. The second-order valence-electron chi connectivity index (χ2n) is 6.63. The first-order valence-corrected chi connectivity index (χ1v) is 8.73. The molecule has 1 saturated carbocycles. The van der Waals surface area contributed by atoms with E-state index in [0.717, 1.165) is 38.5 Å². The Labute approximate surface area is 125 Å². The quantitative estimate of drug-likeness (QED) is 0.577. The van der Waals surface area contributed by atoms with E-state index in [1.165, 1.54) is 19.3 Å². The minimum absolute atomic E-state index is 0.0223. The number of carbonyl (C=O) groups excluding carboxylic acids is 1. The molecule has 0 radical (unpaired) electrons. The molecule has 2 heteroatoms. The molecule has 0 aromatic rings. The molecule has 0 aromatic heterocycles. The van der Waals surface area contributed by atoms with E-state index in [4.69, 9.17) is 4.74 Å². The maximum Gasteiger partial charge on any atom is 0.309 e. The molecule has 0 bridgehead atoms. The standard InChI is InChI=1S/C18H34O2/c1-6-15(5)16(19)20-18(13-11-10-12-14-18)17(7-2,8-3)9-4/h15H,6-14H2,1-5H3. The number of carbonyl (C=O) groups is 1. The summed E-state index contributed by atoms with van der Waals surface area (Å²) in [5.74, 6) is 0.0474. The smallest absolute Gasteiger partial charge is 0.309 e. The van der Waals surface area contributed by atoms with Gasteiger partial charge in [0.2, 0.25) is 0 Å². The predicted molar refractivity (Wildman–Crippen MR) is 84.7 cm³/mol. The lowest BCUT2D eigenvalue weighted by molar-refractivity contribution is -0.192. The molecule has 0 heterocycles. The van der Waals surface area contributed by atoms with Gasteiger partial charge in [0.1, 0.15) is 5.60 Å². The van der Waals surface area contributed by atoms with Crippen LogP contribution in [0.3, 0.4) is 0 Å². The summed E-state index contributed by atoms with van der Waals surface area (Å²) in [6.07, 6.45) is 10.00. The van der Waals surface area contributed by atoms with Crippen molar-refractivity contribution in [2.45, 2.75) is 98.0 Å². The molecule has 1 fully saturated rings. The molecule has 1 atom stereocenters. The fourth-order valence-electron chi connectivity index (χ4n) is 4.04. The average Bonchev–Trinajstić information content (AvgIpc) is 2.49. The Hall–Kier alpha value is -0.530. The molecule has 0 amide bonds. The van der Waals surface area contributed by atoms with Gasteiger partial charge in [-0.25, -0.2) is 0 Å². The topological polar surface area (TPSA) is 26.3 Å². The van der Waals surface area contributed by atoms with Crippen LogP contribution in [0.2, 0.25) is 0 Å². The number of hydrogen-bond donors (Lipinski definition) is 0. The van der Waals surface area contributed by atoms with Crippen LogP contribution in [-0.2, 0) is 9.53 Å². The molecule has 1 unspecified atom stereocenters. The third-order valence-corrected chi connectivity index (χ3v) is 5.97. The molecular formula is C18H34O2. The molecule has 0 saturated heterocycles. The van der Waals surface area contributed by atoms with Gasteiger partial charge in [-0.2, -0.15) is 0 Å². The van der Waals surface area contributed by atoms with Crippen molar-refractivity contribution in [3.63, 3.8) is 0 Å². The maximum atomic E-state index is 12.4. The molecule has 0 N–H and O–H groups in total. The average molecular weight is 282 g/mol. The van der Waals surface area contributed by atoms with Gasteiger partial charge in [0.15, 0.2) is 0 Å². The van der Waals surface area contributed by atoms with E-state index in [1.54, 1.807) is 0 Å². The summed E-state index contributed by atoms with van der Waals surface area (Å²) < 4.78 is 6.23. The van der Waals surface area contributed by atoms with Crippen molar-refractivity contribution in [3.05, 3.63) is 0 Å². The summed E-state index contributed by atoms with van der Waals surface area (Å²) in [5, 5.41) is 0. The third-order valence-electron chi connectivity index (χ3n) is 5.97. The van der Waals surface area contributed by atoms with Gasteiger partial charge in [-0.05, 0) is 51.4 Å². The largest absolute Gasteiger partial charge is 0.458 e. The number of hydrogen-bond acceptors (Lipinski definition) is 2. The van der Waals surface area contributed by atoms with Gasteiger partial charge in [0.25, 0.3) is 0 Å². The Balaban J connectivity index is 3.05. The van der Waals surface area contributed by atoms with E-state index in [0.29, 0.717) is 0 Å². The second-order valence-corrected chi connectivity index (χ2v) is 6.63. The summed E-state index contributed by atoms with van der Waals surface area (Å²) in [4.78, 5) is 12.4. The van der Waals surface area contributed by atoms with Gasteiger partial charge in [0, 0.05) is 5.41 Å². The second kappa shape index (κ2) is 7.47. The van der Waals surface area contributed by atoms with E-state index in [2.05, 4.69) is 27.7 Å². The van der Waals surface area contributed by atoms with Crippen molar-refractivity contribution >= 4 is 5.97 Å². The Morgan fingerprint density at radius 1 is 1.05 bits per heavy atom. The van der Waals surface area contributed by atoms with Gasteiger partial charge >= 0.3 is 5.97 Å². The van der Waals surface area contributed by atoms with Gasteiger partial charge in [-0.15, -0.1) is 0 Å². The highest BCUT2D eigenvalue weighted by Gasteiger charge is 2.51. The monoisotopic (exact) mass is 282 g/mol. The maximum absolute atomic E-state index is 12.4. The zero-order valence-electron chi connectivity index (χ0n) is 14.3. The van der Waals surface area contributed by atoms with E-state index in [-0.39, 0.29) is 22.9 Å². The molecule has 118 valence electrons. The first-order valence-electron chi connectivity index (χ1n) is 8.73. The lowest BCUT2D eigenvalue weighted by Crippen LogP contribution is -2.52. The van der Waals surface area contributed by atoms with Crippen molar-refractivity contribution in [2.75, 3.05) is 0 Å². The molecule has 20 heavy (non-hydrogen) atoms. The van der Waals surface area contributed by atoms with Crippen LogP contribution < -0.4 is 0 Å². The van der Waals surface area contributed by atoms with Crippen LogP contribution in [0.25, 0.3) is 0 Å². The molecule has 1 aliphatic carbocycles. The zero-order chi connectivity index (χ0) is 15.2. The third kappa shape index (κ3) is 3.20. The van der Waals surface area contributed by atoms with Crippen LogP contribution >= 0.6 is 0 Å². The van der Waals surface area contributed by atoms with Crippen LogP contribution in [0.4, 0.5) is 0 Å². The fraction of sp³-hybridized carbons (Fsp3) is 0.944. The van der Waals surface area contributed by atoms with Crippen molar-refractivity contribution in [2.24, 2.45) is 11.3 Å². The van der Waals surface area contributed by atoms with Gasteiger partial charge in [0.05, 0.1) is 5.92 Å².